The third-order valence-corrected chi connectivity index (χ3v) is 5.20. The van der Waals surface area contributed by atoms with E-state index in [1.54, 1.807) is 7.05 Å². The van der Waals surface area contributed by atoms with Gasteiger partial charge in [-0.2, -0.15) is 5.10 Å². The molecule has 0 atom stereocenters. The molecule has 2 heterocycles. The van der Waals surface area contributed by atoms with E-state index in [9.17, 15) is 0 Å². The van der Waals surface area contributed by atoms with Crippen molar-refractivity contribution < 1.29 is 0 Å². The first-order chi connectivity index (χ1) is 14.7. The van der Waals surface area contributed by atoms with Gasteiger partial charge in [0.25, 0.3) is 0 Å². The summed E-state index contributed by atoms with van der Waals surface area (Å²) < 4.78 is 1.91. The predicted octanol–water partition coefficient (Wildman–Crippen LogP) is 4.23. The van der Waals surface area contributed by atoms with Crippen LogP contribution in [0.2, 0.25) is 0 Å². The first kappa shape index (κ1) is 22.9. The molecule has 162 valence electrons. The number of H-pyrrole nitrogens is 1. The summed E-state index contributed by atoms with van der Waals surface area (Å²) in [7, 11) is 1.80. The number of guanidine groups is 1. The van der Waals surface area contributed by atoms with Gasteiger partial charge in [-0.1, -0.05) is 30.3 Å². The summed E-state index contributed by atoms with van der Waals surface area (Å²) in [5.74, 6) is 0.820. The highest BCUT2D eigenvalue weighted by molar-refractivity contribution is 14.0. The second kappa shape index (κ2) is 11.0. The highest BCUT2D eigenvalue weighted by atomic mass is 127. The molecule has 6 nitrogen and oxygen atoms in total. The number of halogens is 1. The number of aryl methyl sites for hydroxylation is 1. The number of aromatic nitrogens is 3. The van der Waals surface area contributed by atoms with Gasteiger partial charge in [0, 0.05) is 43.4 Å². The van der Waals surface area contributed by atoms with Gasteiger partial charge in [-0.15, -0.1) is 24.0 Å². The Morgan fingerprint density at radius 2 is 1.84 bits per heavy atom. The van der Waals surface area contributed by atoms with E-state index in [1.807, 2.05) is 29.1 Å². The summed E-state index contributed by atoms with van der Waals surface area (Å²) in [6, 6.07) is 16.7. The van der Waals surface area contributed by atoms with Crippen LogP contribution in [-0.2, 0) is 12.8 Å². The number of nitrogens with zero attached hydrogens (tertiary/aromatic N) is 3. The standard InChI is InChI=1S/C24H28N6.HI/c1-18-8-9-22-20(16-28-23(22)14-18)11-13-27-24(25-2)26-12-10-19-15-29-30(17-19)21-6-4-3-5-7-21;/h3-9,14-17,28H,10-13H2,1-2H3,(H2,25,26,27);1H. The molecule has 7 heteroatoms. The molecule has 0 bridgehead atoms. The molecule has 2 aromatic heterocycles. The van der Waals surface area contributed by atoms with E-state index in [0.29, 0.717) is 0 Å². The van der Waals surface area contributed by atoms with Crippen molar-refractivity contribution in [2.45, 2.75) is 19.8 Å². The molecule has 0 saturated carbocycles. The van der Waals surface area contributed by atoms with Gasteiger partial charge in [-0.25, -0.2) is 4.68 Å². The zero-order valence-corrected chi connectivity index (χ0v) is 20.3. The van der Waals surface area contributed by atoms with Gasteiger partial charge in [-0.3, -0.25) is 4.99 Å². The van der Waals surface area contributed by atoms with E-state index in [0.717, 1.165) is 37.6 Å². The Morgan fingerprint density at radius 1 is 1.06 bits per heavy atom. The lowest BCUT2D eigenvalue weighted by Crippen LogP contribution is -2.39. The van der Waals surface area contributed by atoms with Crippen LogP contribution in [0.3, 0.4) is 0 Å². The van der Waals surface area contributed by atoms with Gasteiger partial charge in [0.05, 0.1) is 11.9 Å². The van der Waals surface area contributed by atoms with Gasteiger partial charge >= 0.3 is 0 Å². The maximum atomic E-state index is 4.45. The second-order valence-electron chi connectivity index (χ2n) is 7.42. The molecule has 3 N–H and O–H groups in total. The van der Waals surface area contributed by atoms with Gasteiger partial charge in [0.1, 0.15) is 0 Å². The van der Waals surface area contributed by atoms with Crippen molar-refractivity contribution in [3.8, 4) is 5.69 Å². The molecule has 4 aromatic rings. The summed E-state index contributed by atoms with van der Waals surface area (Å²) in [5.41, 5.74) is 6.05. The first-order valence-corrected chi connectivity index (χ1v) is 10.3. The number of aromatic amines is 1. The van der Waals surface area contributed by atoms with Gasteiger partial charge in [-0.05, 0) is 54.7 Å². The molecule has 2 aromatic carbocycles. The van der Waals surface area contributed by atoms with E-state index >= 15 is 0 Å². The molecular formula is C24H29IN6. The van der Waals surface area contributed by atoms with Crippen molar-refractivity contribution >= 4 is 40.8 Å². The number of fused-ring (bicyclic) bond motifs is 1. The SMILES string of the molecule is CN=C(NCCc1cnn(-c2ccccc2)c1)NCCc1c[nH]c2cc(C)ccc12.I. The first-order valence-electron chi connectivity index (χ1n) is 10.3. The molecule has 0 aliphatic carbocycles. The lowest BCUT2D eigenvalue weighted by atomic mass is 10.1. The van der Waals surface area contributed by atoms with E-state index in [2.05, 4.69) is 75.4 Å². The third kappa shape index (κ3) is 5.88. The average Bonchev–Trinajstić information content (AvgIpc) is 3.40. The highest BCUT2D eigenvalue weighted by Crippen LogP contribution is 2.19. The van der Waals surface area contributed by atoms with Crippen LogP contribution in [0.15, 0.2) is 72.1 Å². The third-order valence-electron chi connectivity index (χ3n) is 5.20. The Hall–Kier alpha value is -2.81. The summed E-state index contributed by atoms with van der Waals surface area (Å²) in [6.45, 7) is 3.74. The van der Waals surface area contributed by atoms with Crippen LogP contribution < -0.4 is 10.6 Å². The summed E-state index contributed by atoms with van der Waals surface area (Å²) >= 11 is 0. The Bertz CT molecular complexity index is 1130. The normalized spacial score (nSPS) is 11.4. The minimum atomic E-state index is 0. The largest absolute Gasteiger partial charge is 0.361 e. The average molecular weight is 528 g/mol. The van der Waals surface area contributed by atoms with Crippen LogP contribution >= 0.6 is 24.0 Å². The molecular weight excluding hydrogens is 499 g/mol. The van der Waals surface area contributed by atoms with E-state index in [4.69, 9.17) is 0 Å². The van der Waals surface area contributed by atoms with Crippen LogP contribution in [0.4, 0.5) is 0 Å². The van der Waals surface area contributed by atoms with Crippen molar-refractivity contribution in [2.75, 3.05) is 20.1 Å². The maximum absolute atomic E-state index is 4.45. The molecule has 0 aliphatic heterocycles. The Morgan fingerprint density at radius 3 is 2.61 bits per heavy atom. The van der Waals surface area contributed by atoms with E-state index in [-0.39, 0.29) is 24.0 Å². The van der Waals surface area contributed by atoms with Crippen molar-refractivity contribution in [3.05, 3.63) is 83.8 Å². The van der Waals surface area contributed by atoms with Gasteiger partial charge < -0.3 is 15.6 Å². The number of hydrogen-bond donors (Lipinski definition) is 3. The summed E-state index contributed by atoms with van der Waals surface area (Å²) in [4.78, 5) is 7.70. The van der Waals surface area contributed by atoms with Crippen LogP contribution in [0.5, 0.6) is 0 Å². The van der Waals surface area contributed by atoms with Crippen molar-refractivity contribution in [1.29, 1.82) is 0 Å². The lowest BCUT2D eigenvalue weighted by molar-refractivity contribution is 0.785. The number of para-hydroxylation sites is 1. The van der Waals surface area contributed by atoms with Crippen molar-refractivity contribution in [3.63, 3.8) is 0 Å². The molecule has 0 aliphatic rings. The fourth-order valence-electron chi connectivity index (χ4n) is 3.58. The zero-order valence-electron chi connectivity index (χ0n) is 17.9. The Balaban J connectivity index is 0.00000272. The van der Waals surface area contributed by atoms with Crippen molar-refractivity contribution in [2.24, 2.45) is 4.99 Å². The van der Waals surface area contributed by atoms with E-state index < -0.39 is 0 Å². The van der Waals surface area contributed by atoms with Crippen LogP contribution in [0, 0.1) is 6.92 Å². The monoisotopic (exact) mass is 528 g/mol. The predicted molar refractivity (Wildman–Crippen MR) is 139 cm³/mol. The fraction of sp³-hybridized carbons (Fsp3) is 0.250. The maximum Gasteiger partial charge on any atom is 0.190 e. The van der Waals surface area contributed by atoms with Gasteiger partial charge in [0.15, 0.2) is 5.96 Å². The summed E-state index contributed by atoms with van der Waals surface area (Å²) in [6.07, 6.45) is 7.92. The number of benzene rings is 2. The smallest absolute Gasteiger partial charge is 0.190 e. The van der Waals surface area contributed by atoms with E-state index in [1.165, 1.54) is 27.6 Å². The molecule has 0 saturated heterocycles. The number of hydrogen-bond acceptors (Lipinski definition) is 2. The van der Waals surface area contributed by atoms with Crippen LogP contribution in [-0.4, -0.2) is 40.9 Å². The Kier molecular flexibility index (Phi) is 8.11. The summed E-state index contributed by atoms with van der Waals surface area (Å²) in [5, 5.41) is 12.5. The number of rotatable bonds is 7. The molecule has 0 spiro atoms. The highest BCUT2D eigenvalue weighted by Gasteiger charge is 2.05. The zero-order chi connectivity index (χ0) is 20.8. The molecule has 0 amide bonds. The molecule has 0 radical (unpaired) electrons. The van der Waals surface area contributed by atoms with Crippen LogP contribution in [0.25, 0.3) is 16.6 Å². The number of nitrogens with one attached hydrogen (secondary N) is 3. The Labute approximate surface area is 200 Å². The topological polar surface area (TPSA) is 70.0 Å². The number of aliphatic imine (C=N–C) groups is 1. The minimum Gasteiger partial charge on any atom is -0.361 e. The van der Waals surface area contributed by atoms with Crippen LogP contribution in [0.1, 0.15) is 16.7 Å². The minimum absolute atomic E-state index is 0. The van der Waals surface area contributed by atoms with Gasteiger partial charge in [0.2, 0.25) is 0 Å². The van der Waals surface area contributed by atoms with Crippen molar-refractivity contribution in [1.82, 2.24) is 25.4 Å². The molecule has 0 unspecified atom stereocenters. The molecule has 4 rings (SSSR count). The lowest BCUT2D eigenvalue weighted by Gasteiger charge is -2.11. The second-order valence-corrected chi connectivity index (χ2v) is 7.42. The quantitative estimate of drug-likeness (QED) is 0.191. The molecule has 31 heavy (non-hydrogen) atoms. The fourth-order valence-corrected chi connectivity index (χ4v) is 3.58. The molecule has 0 fully saturated rings.